The van der Waals surface area contributed by atoms with Crippen molar-refractivity contribution in [3.05, 3.63) is 69.5 Å². The Labute approximate surface area is 262 Å². The van der Waals surface area contributed by atoms with Crippen LogP contribution in [0.25, 0.3) is 0 Å². The zero-order valence-electron chi connectivity index (χ0n) is 27.8. The molecule has 44 heavy (non-hydrogen) atoms. The van der Waals surface area contributed by atoms with Gasteiger partial charge in [-0.1, -0.05) is 6.92 Å². The number of fused-ring (bicyclic) bond motifs is 4. The molecule has 0 N–H and O–H groups in total. The summed E-state index contributed by atoms with van der Waals surface area (Å²) in [5.74, 6) is 4.08. The second-order valence-corrected chi connectivity index (χ2v) is 11.6. The van der Waals surface area contributed by atoms with Crippen LogP contribution in [0.1, 0.15) is 54.9 Å². The highest BCUT2D eigenvalue weighted by Gasteiger charge is 2.38. The fraction of sp³-hybridized carbons (Fsp3) is 0.562. The number of hydrogen-bond acceptors (Lipinski definition) is 12. The SMILES string of the molecule is CCCOC1=C(C)CN(CC)C2=C1N=CC1=CN(OC)CN12.CCN1CC(C)=C(OC(C)C)C2=C1N1CN(OC)C=C1C=N2. The normalized spacial score (nSPS) is 20.7. The van der Waals surface area contributed by atoms with Crippen LogP contribution in [-0.2, 0) is 19.1 Å². The Morgan fingerprint density at radius 1 is 0.750 bits per heavy atom. The van der Waals surface area contributed by atoms with Gasteiger partial charge in [0, 0.05) is 26.2 Å². The molecule has 6 rings (SSSR count). The van der Waals surface area contributed by atoms with E-state index in [1.165, 1.54) is 11.1 Å². The molecular formula is C32H48N8O4. The van der Waals surface area contributed by atoms with Gasteiger partial charge in [0.05, 0.1) is 63.2 Å². The van der Waals surface area contributed by atoms with E-state index in [4.69, 9.17) is 19.1 Å². The van der Waals surface area contributed by atoms with E-state index in [-0.39, 0.29) is 6.10 Å². The van der Waals surface area contributed by atoms with Gasteiger partial charge in [-0.05, 0) is 59.1 Å². The van der Waals surface area contributed by atoms with Gasteiger partial charge in [-0.2, -0.15) is 0 Å². The highest BCUT2D eigenvalue weighted by Crippen LogP contribution is 2.38. The summed E-state index contributed by atoms with van der Waals surface area (Å²) in [6.45, 7) is 20.5. The van der Waals surface area contributed by atoms with Crippen molar-refractivity contribution in [3.63, 3.8) is 0 Å². The van der Waals surface area contributed by atoms with E-state index in [1.54, 1.807) is 19.3 Å². The van der Waals surface area contributed by atoms with Gasteiger partial charge in [0.1, 0.15) is 47.9 Å². The van der Waals surface area contributed by atoms with Crippen molar-refractivity contribution in [3.8, 4) is 0 Å². The van der Waals surface area contributed by atoms with Crippen LogP contribution in [0.5, 0.6) is 0 Å². The molecule has 0 aliphatic carbocycles. The molecule has 0 aromatic rings. The fourth-order valence-electron chi connectivity index (χ4n) is 5.94. The largest absolute Gasteiger partial charge is 0.491 e. The molecule has 0 amide bonds. The average Bonchev–Trinajstić information content (AvgIpc) is 3.65. The number of aliphatic imine (C=N–C) groups is 2. The highest BCUT2D eigenvalue weighted by atomic mass is 16.7. The van der Waals surface area contributed by atoms with E-state index >= 15 is 0 Å². The van der Waals surface area contributed by atoms with Gasteiger partial charge in [0.25, 0.3) is 0 Å². The fourth-order valence-corrected chi connectivity index (χ4v) is 5.94. The minimum absolute atomic E-state index is 0.132. The third-order valence-corrected chi connectivity index (χ3v) is 8.02. The van der Waals surface area contributed by atoms with Crippen LogP contribution in [0.4, 0.5) is 0 Å². The molecule has 0 aromatic heterocycles. The van der Waals surface area contributed by atoms with Gasteiger partial charge in [0.2, 0.25) is 0 Å². The Bertz CT molecular complexity index is 1370. The first-order valence-corrected chi connectivity index (χ1v) is 15.6. The summed E-state index contributed by atoms with van der Waals surface area (Å²) in [4.78, 5) is 29.2. The Morgan fingerprint density at radius 3 is 1.66 bits per heavy atom. The predicted octanol–water partition coefficient (Wildman–Crippen LogP) is 4.51. The molecule has 12 nitrogen and oxygen atoms in total. The van der Waals surface area contributed by atoms with E-state index in [9.17, 15) is 0 Å². The Morgan fingerprint density at radius 2 is 1.23 bits per heavy atom. The van der Waals surface area contributed by atoms with Crippen LogP contribution in [0.15, 0.2) is 79.5 Å². The lowest BCUT2D eigenvalue weighted by Gasteiger charge is -2.40. The van der Waals surface area contributed by atoms with Crippen LogP contribution < -0.4 is 0 Å². The first-order valence-electron chi connectivity index (χ1n) is 15.6. The number of likely N-dealkylation sites (N-methyl/N-ethyl adjacent to an activating group) is 2. The molecule has 0 fully saturated rings. The van der Waals surface area contributed by atoms with Gasteiger partial charge in [-0.15, -0.1) is 0 Å². The van der Waals surface area contributed by atoms with E-state index in [1.807, 2.05) is 43.7 Å². The van der Waals surface area contributed by atoms with Crippen LogP contribution in [0, 0.1) is 0 Å². The lowest BCUT2D eigenvalue weighted by atomic mass is 10.1. The molecule has 6 heterocycles. The third-order valence-electron chi connectivity index (χ3n) is 8.02. The van der Waals surface area contributed by atoms with Crippen molar-refractivity contribution in [2.24, 2.45) is 9.98 Å². The number of nitrogens with zero attached hydrogens (tertiary/aromatic N) is 8. The molecule has 0 bridgehead atoms. The minimum Gasteiger partial charge on any atom is -0.491 e. The lowest BCUT2D eigenvalue weighted by molar-refractivity contribution is -0.0972. The average molecular weight is 609 g/mol. The predicted molar refractivity (Wildman–Crippen MR) is 171 cm³/mol. The molecule has 0 unspecified atom stereocenters. The number of allylic oxidation sites excluding steroid dienone is 2. The number of hydroxylamine groups is 4. The zero-order valence-corrected chi connectivity index (χ0v) is 27.8. The molecule has 6 aliphatic rings. The summed E-state index contributed by atoms with van der Waals surface area (Å²) >= 11 is 0. The first-order chi connectivity index (χ1) is 21.2. The van der Waals surface area contributed by atoms with E-state index in [0.717, 1.165) is 85.2 Å². The number of rotatable bonds is 9. The lowest BCUT2D eigenvalue weighted by Crippen LogP contribution is -2.42. The van der Waals surface area contributed by atoms with Gasteiger partial charge in [-0.25, -0.2) is 20.1 Å². The summed E-state index contributed by atoms with van der Waals surface area (Å²) in [7, 11) is 3.36. The Hall–Kier alpha value is -3.90. The van der Waals surface area contributed by atoms with E-state index in [2.05, 4.69) is 64.2 Å². The Kier molecular flexibility index (Phi) is 9.59. The highest BCUT2D eigenvalue weighted by molar-refractivity contribution is 5.82. The van der Waals surface area contributed by atoms with Crippen molar-refractivity contribution < 1.29 is 19.1 Å². The zero-order chi connectivity index (χ0) is 31.5. The number of hydrogen-bond donors (Lipinski definition) is 0. The Balaban J connectivity index is 0.000000175. The maximum Gasteiger partial charge on any atom is 0.149 e. The van der Waals surface area contributed by atoms with Gasteiger partial charge in [0.15, 0.2) is 0 Å². The topological polar surface area (TPSA) is 81.1 Å². The van der Waals surface area contributed by atoms with E-state index in [0.29, 0.717) is 13.3 Å². The van der Waals surface area contributed by atoms with Crippen LogP contribution >= 0.6 is 0 Å². The van der Waals surface area contributed by atoms with Crippen LogP contribution in [0.2, 0.25) is 0 Å². The molecule has 240 valence electrons. The molecule has 0 aromatic carbocycles. The summed E-state index contributed by atoms with van der Waals surface area (Å²) in [5, 5.41) is 3.61. The molecule has 6 aliphatic heterocycles. The van der Waals surface area contributed by atoms with Crippen molar-refractivity contribution in [2.75, 3.05) is 60.3 Å². The molecule has 0 spiro atoms. The molecule has 0 saturated heterocycles. The van der Waals surface area contributed by atoms with Gasteiger partial charge >= 0.3 is 0 Å². The molecule has 0 radical (unpaired) electrons. The number of ether oxygens (including phenoxy) is 2. The van der Waals surface area contributed by atoms with Crippen molar-refractivity contribution in [1.82, 2.24) is 29.7 Å². The monoisotopic (exact) mass is 608 g/mol. The first kappa shape index (κ1) is 31.5. The minimum atomic E-state index is 0.132. The van der Waals surface area contributed by atoms with Crippen LogP contribution in [-0.4, -0.2) is 109 Å². The van der Waals surface area contributed by atoms with Gasteiger partial charge in [-0.3, -0.25) is 9.68 Å². The van der Waals surface area contributed by atoms with E-state index < -0.39 is 0 Å². The molecular weight excluding hydrogens is 560 g/mol. The van der Waals surface area contributed by atoms with Crippen molar-refractivity contribution >= 4 is 12.4 Å². The van der Waals surface area contributed by atoms with Gasteiger partial charge < -0.3 is 29.1 Å². The van der Waals surface area contributed by atoms with Crippen LogP contribution in [0.3, 0.4) is 0 Å². The molecule has 12 heteroatoms. The quantitative estimate of drug-likeness (QED) is 0.373. The standard InChI is InChI=1S/2C16H24N4O2/c1-6-18-8-12(4)15(22-11(2)3)14-16(18)20-10-19(21-5)9-13(20)7-17-14;1-5-7-22-15-12(3)9-18(6-2)16-14(15)17-8-13-10-19(21-4)11-20(13)16/h7,9,11H,6,8,10H2,1-5H3;8,10H,5-7,9,11H2,1-4H3. The smallest absolute Gasteiger partial charge is 0.149 e. The summed E-state index contributed by atoms with van der Waals surface area (Å²) in [5.41, 5.74) is 6.42. The third kappa shape index (κ3) is 5.92. The maximum absolute atomic E-state index is 6.06. The van der Waals surface area contributed by atoms with Crippen molar-refractivity contribution in [2.45, 2.75) is 61.0 Å². The second kappa shape index (κ2) is 13.4. The second-order valence-electron chi connectivity index (χ2n) is 11.6. The summed E-state index contributed by atoms with van der Waals surface area (Å²) in [6, 6.07) is 0. The summed E-state index contributed by atoms with van der Waals surface area (Å²) < 4.78 is 12.1. The maximum atomic E-state index is 6.06. The molecule has 0 saturated carbocycles. The summed E-state index contributed by atoms with van der Waals surface area (Å²) in [6.07, 6.45) is 8.84. The van der Waals surface area contributed by atoms with Crippen molar-refractivity contribution in [1.29, 1.82) is 0 Å². The molecule has 0 atom stereocenters.